The predicted molar refractivity (Wildman–Crippen MR) is 66.2 cm³/mol. The molecule has 2 saturated carbocycles. The zero-order chi connectivity index (χ0) is 11.8. The van der Waals surface area contributed by atoms with E-state index >= 15 is 0 Å². The maximum atomic E-state index is 12.0. The van der Waals surface area contributed by atoms with E-state index in [2.05, 4.69) is 12.2 Å². The third-order valence-electron chi connectivity index (χ3n) is 4.26. The van der Waals surface area contributed by atoms with Crippen LogP contribution in [0.4, 0.5) is 0 Å². The lowest BCUT2D eigenvalue weighted by atomic mass is 9.82. The van der Waals surface area contributed by atoms with Gasteiger partial charge in [0.05, 0.1) is 4.75 Å². The lowest BCUT2D eigenvalue weighted by Crippen LogP contribution is -2.49. The first-order valence-corrected chi connectivity index (χ1v) is 8.25. The Labute approximate surface area is 98.9 Å². The summed E-state index contributed by atoms with van der Waals surface area (Å²) < 4.78 is 23.5. The second kappa shape index (κ2) is 4.30. The third kappa shape index (κ3) is 2.59. The van der Waals surface area contributed by atoms with Crippen molar-refractivity contribution in [2.75, 3.05) is 12.8 Å². The van der Waals surface area contributed by atoms with Gasteiger partial charge >= 0.3 is 0 Å². The minimum absolute atomic E-state index is 0.470. The van der Waals surface area contributed by atoms with E-state index in [0.29, 0.717) is 18.5 Å². The second-order valence-electron chi connectivity index (χ2n) is 5.79. The van der Waals surface area contributed by atoms with Crippen molar-refractivity contribution in [3.63, 3.8) is 0 Å². The summed E-state index contributed by atoms with van der Waals surface area (Å²) in [7, 11) is -2.94. The Morgan fingerprint density at radius 2 is 1.75 bits per heavy atom. The van der Waals surface area contributed by atoms with Crippen LogP contribution in [0.3, 0.4) is 0 Å². The van der Waals surface area contributed by atoms with E-state index in [0.717, 1.165) is 25.7 Å². The van der Waals surface area contributed by atoms with Gasteiger partial charge in [-0.2, -0.15) is 0 Å². The average Bonchev–Trinajstić information content (AvgIpc) is 2.99. The number of nitrogens with one attached hydrogen (secondary N) is 1. The summed E-state index contributed by atoms with van der Waals surface area (Å²) in [5.74, 6) is 0.691. The monoisotopic (exact) mass is 245 g/mol. The van der Waals surface area contributed by atoms with Crippen molar-refractivity contribution >= 4 is 9.84 Å². The first kappa shape index (κ1) is 12.4. The van der Waals surface area contributed by atoms with E-state index in [4.69, 9.17) is 0 Å². The van der Waals surface area contributed by atoms with Crippen molar-refractivity contribution in [2.24, 2.45) is 5.92 Å². The zero-order valence-electron chi connectivity index (χ0n) is 10.3. The molecule has 0 aromatic heterocycles. The van der Waals surface area contributed by atoms with Crippen molar-refractivity contribution in [3.05, 3.63) is 0 Å². The fraction of sp³-hybridized carbons (Fsp3) is 1.00. The molecule has 0 radical (unpaired) electrons. The van der Waals surface area contributed by atoms with Crippen molar-refractivity contribution in [3.8, 4) is 0 Å². The van der Waals surface area contributed by atoms with Gasteiger partial charge in [-0.05, 0) is 44.4 Å². The van der Waals surface area contributed by atoms with Crippen LogP contribution in [0, 0.1) is 5.92 Å². The molecule has 2 aliphatic carbocycles. The maximum absolute atomic E-state index is 12.0. The third-order valence-corrected chi connectivity index (χ3v) is 6.39. The Bertz CT molecular complexity index is 338. The summed E-state index contributed by atoms with van der Waals surface area (Å²) in [6.07, 6.45) is 7.64. The SMILES string of the molecule is CC1CCC(CNC2CC2)(S(C)(=O)=O)CC1. The van der Waals surface area contributed by atoms with Crippen molar-refractivity contribution in [2.45, 2.75) is 56.2 Å². The van der Waals surface area contributed by atoms with Crippen LogP contribution >= 0.6 is 0 Å². The molecule has 2 aliphatic rings. The minimum atomic E-state index is -2.94. The van der Waals surface area contributed by atoms with Gasteiger partial charge in [0.25, 0.3) is 0 Å². The van der Waals surface area contributed by atoms with E-state index in [1.165, 1.54) is 19.1 Å². The average molecular weight is 245 g/mol. The summed E-state index contributed by atoms with van der Waals surface area (Å²) >= 11 is 0. The van der Waals surface area contributed by atoms with Gasteiger partial charge in [-0.25, -0.2) is 8.42 Å². The van der Waals surface area contributed by atoms with E-state index in [-0.39, 0.29) is 0 Å². The van der Waals surface area contributed by atoms with Crippen LogP contribution in [0.15, 0.2) is 0 Å². The van der Waals surface area contributed by atoms with E-state index in [9.17, 15) is 8.42 Å². The van der Waals surface area contributed by atoms with Gasteiger partial charge in [0.15, 0.2) is 9.84 Å². The summed E-state index contributed by atoms with van der Waals surface area (Å²) in [5, 5.41) is 3.41. The molecule has 1 N–H and O–H groups in total. The maximum Gasteiger partial charge on any atom is 0.154 e. The number of rotatable bonds is 4. The Balaban J connectivity index is 2.05. The predicted octanol–water partition coefficient (Wildman–Crippen LogP) is 1.73. The molecule has 0 amide bonds. The molecular formula is C12H23NO2S. The van der Waals surface area contributed by atoms with Crippen LogP contribution < -0.4 is 5.32 Å². The molecule has 0 aromatic carbocycles. The highest BCUT2D eigenvalue weighted by Gasteiger charge is 2.43. The van der Waals surface area contributed by atoms with Crippen LogP contribution in [0.2, 0.25) is 0 Å². The van der Waals surface area contributed by atoms with Crippen molar-refractivity contribution in [1.29, 1.82) is 0 Å². The Morgan fingerprint density at radius 3 is 2.19 bits per heavy atom. The molecule has 0 aromatic rings. The molecule has 0 heterocycles. The fourth-order valence-corrected chi connectivity index (χ4v) is 3.91. The quantitative estimate of drug-likeness (QED) is 0.820. The second-order valence-corrected chi connectivity index (χ2v) is 8.20. The van der Waals surface area contributed by atoms with Crippen LogP contribution in [0.1, 0.15) is 45.4 Å². The van der Waals surface area contributed by atoms with Gasteiger partial charge in [-0.15, -0.1) is 0 Å². The van der Waals surface area contributed by atoms with Crippen LogP contribution in [0.25, 0.3) is 0 Å². The normalized spacial score (nSPS) is 36.2. The first-order chi connectivity index (χ1) is 7.43. The molecule has 2 fully saturated rings. The Kier molecular flexibility index (Phi) is 3.32. The molecule has 4 heteroatoms. The molecular weight excluding hydrogens is 222 g/mol. The molecule has 94 valence electrons. The molecule has 0 spiro atoms. The van der Waals surface area contributed by atoms with Crippen LogP contribution in [0.5, 0.6) is 0 Å². The molecule has 16 heavy (non-hydrogen) atoms. The van der Waals surface area contributed by atoms with Gasteiger partial charge in [0, 0.05) is 18.8 Å². The lowest BCUT2D eigenvalue weighted by Gasteiger charge is -2.38. The zero-order valence-corrected chi connectivity index (χ0v) is 11.1. The first-order valence-electron chi connectivity index (χ1n) is 6.36. The van der Waals surface area contributed by atoms with Gasteiger partial charge in [-0.3, -0.25) is 0 Å². The molecule has 3 nitrogen and oxygen atoms in total. The number of hydrogen-bond donors (Lipinski definition) is 1. The van der Waals surface area contributed by atoms with Crippen molar-refractivity contribution in [1.82, 2.24) is 5.32 Å². The van der Waals surface area contributed by atoms with Gasteiger partial charge in [0.1, 0.15) is 0 Å². The van der Waals surface area contributed by atoms with E-state index < -0.39 is 14.6 Å². The molecule has 0 bridgehead atoms. The van der Waals surface area contributed by atoms with Crippen LogP contribution in [-0.2, 0) is 9.84 Å². The van der Waals surface area contributed by atoms with E-state index in [1.807, 2.05) is 0 Å². The molecule has 0 saturated heterocycles. The van der Waals surface area contributed by atoms with Gasteiger partial charge in [-0.1, -0.05) is 6.92 Å². The molecule has 2 rings (SSSR count). The molecule has 0 unspecified atom stereocenters. The standard InChI is InChI=1S/C12H23NO2S/c1-10-5-7-12(8-6-10,16(2,14)15)9-13-11-3-4-11/h10-11,13H,3-9H2,1-2H3. The lowest BCUT2D eigenvalue weighted by molar-refractivity contribution is 0.297. The number of hydrogen-bond acceptors (Lipinski definition) is 3. The molecule has 0 atom stereocenters. The summed E-state index contributed by atoms with van der Waals surface area (Å²) in [4.78, 5) is 0. The minimum Gasteiger partial charge on any atom is -0.312 e. The smallest absolute Gasteiger partial charge is 0.154 e. The largest absolute Gasteiger partial charge is 0.312 e. The fourth-order valence-electron chi connectivity index (χ4n) is 2.58. The Morgan fingerprint density at radius 1 is 1.19 bits per heavy atom. The number of sulfone groups is 1. The summed E-state index contributed by atoms with van der Waals surface area (Å²) in [6.45, 7) is 2.89. The Hall–Kier alpha value is -0.0900. The van der Waals surface area contributed by atoms with Crippen molar-refractivity contribution < 1.29 is 8.42 Å². The highest BCUT2D eigenvalue weighted by atomic mass is 32.2. The van der Waals surface area contributed by atoms with Gasteiger partial charge < -0.3 is 5.32 Å². The van der Waals surface area contributed by atoms with Gasteiger partial charge in [0.2, 0.25) is 0 Å². The van der Waals surface area contributed by atoms with Crippen LogP contribution in [-0.4, -0.2) is 32.0 Å². The summed E-state index contributed by atoms with van der Waals surface area (Å²) in [5.41, 5.74) is 0. The topological polar surface area (TPSA) is 46.2 Å². The molecule has 0 aliphatic heterocycles. The highest BCUT2D eigenvalue weighted by Crippen LogP contribution is 2.37. The highest BCUT2D eigenvalue weighted by molar-refractivity contribution is 7.92. The van der Waals surface area contributed by atoms with E-state index in [1.54, 1.807) is 0 Å². The summed E-state index contributed by atoms with van der Waals surface area (Å²) in [6, 6.07) is 0.595.